The van der Waals surface area contributed by atoms with E-state index < -0.39 is 24.5 Å². The summed E-state index contributed by atoms with van der Waals surface area (Å²) in [6.45, 7) is 8.16. The molecule has 4 unspecified atom stereocenters. The summed E-state index contributed by atoms with van der Waals surface area (Å²) in [5.74, 6) is 0. The van der Waals surface area contributed by atoms with Crippen LogP contribution in [0.2, 0.25) is 0 Å². The van der Waals surface area contributed by atoms with Crippen LogP contribution in [-0.4, -0.2) is 57.7 Å². The van der Waals surface area contributed by atoms with E-state index in [1.54, 1.807) is 12.2 Å². The molecule has 0 amide bonds. The zero-order valence-electron chi connectivity index (χ0n) is 15.9. The van der Waals surface area contributed by atoms with Crippen molar-refractivity contribution in [3.05, 3.63) is 12.2 Å². The highest BCUT2D eigenvalue weighted by Crippen LogP contribution is 2.27. The van der Waals surface area contributed by atoms with Gasteiger partial charge in [0.2, 0.25) is 0 Å². The summed E-state index contributed by atoms with van der Waals surface area (Å²) in [5.41, 5.74) is 0. The molecule has 1 saturated heterocycles. The molecular weight excluding hydrogens is 332 g/mol. The second-order valence-electron chi connectivity index (χ2n) is 4.61. The molecule has 1 aliphatic heterocycles. The number of carbonyl (C=O) groups is 2. The van der Waals surface area contributed by atoms with Gasteiger partial charge < -0.3 is 28.4 Å². The van der Waals surface area contributed by atoms with E-state index in [4.69, 9.17) is 18.9 Å². The Morgan fingerprint density at radius 3 is 1.48 bits per heavy atom. The molecule has 0 radical (unpaired) electrons. The number of hydrogen-bond acceptors (Lipinski definition) is 8. The van der Waals surface area contributed by atoms with Gasteiger partial charge in [0.15, 0.2) is 0 Å². The van der Waals surface area contributed by atoms with Gasteiger partial charge in [-0.15, -0.1) is 0 Å². The predicted molar refractivity (Wildman–Crippen MR) is 90.2 cm³/mol. The lowest BCUT2D eigenvalue weighted by molar-refractivity contribution is 0.00787. The maximum atomic E-state index is 11.2. The fourth-order valence-corrected chi connectivity index (χ4v) is 2.25. The molecule has 0 bridgehead atoms. The van der Waals surface area contributed by atoms with Gasteiger partial charge in [-0.1, -0.05) is 27.7 Å². The lowest BCUT2D eigenvalue weighted by atomic mass is 9.97. The molecule has 1 fully saturated rings. The quantitative estimate of drug-likeness (QED) is 0.545. The Labute approximate surface area is 149 Å². The Morgan fingerprint density at radius 2 is 1.16 bits per heavy atom. The minimum absolute atomic E-state index is 0.158. The van der Waals surface area contributed by atoms with E-state index in [0.717, 1.165) is 0 Å². The van der Waals surface area contributed by atoms with E-state index in [2.05, 4.69) is 9.47 Å². The van der Waals surface area contributed by atoms with Crippen LogP contribution in [0.3, 0.4) is 0 Å². The molecule has 0 N–H and O–H groups in total. The van der Waals surface area contributed by atoms with Gasteiger partial charge >= 0.3 is 12.3 Å². The van der Waals surface area contributed by atoms with E-state index in [0.29, 0.717) is 12.8 Å². The molecule has 2 rings (SSSR count). The van der Waals surface area contributed by atoms with Crippen molar-refractivity contribution < 1.29 is 38.0 Å². The largest absolute Gasteiger partial charge is 0.508 e. The molecule has 4 atom stereocenters. The van der Waals surface area contributed by atoms with Crippen LogP contribution in [0.15, 0.2) is 12.2 Å². The fourth-order valence-electron chi connectivity index (χ4n) is 2.25. The molecule has 146 valence electrons. The highest BCUT2D eigenvalue weighted by Gasteiger charge is 2.36. The van der Waals surface area contributed by atoms with Crippen LogP contribution >= 0.6 is 0 Å². The van der Waals surface area contributed by atoms with Crippen LogP contribution in [0.25, 0.3) is 0 Å². The normalized spacial score (nSPS) is 28.2. The van der Waals surface area contributed by atoms with E-state index in [1.165, 1.54) is 14.2 Å². The number of ether oxygens (including phenoxy) is 6. The smallest absolute Gasteiger partial charge is 0.438 e. The average Bonchev–Trinajstić information content (AvgIpc) is 3.06. The maximum absolute atomic E-state index is 11.2. The summed E-state index contributed by atoms with van der Waals surface area (Å²) in [7, 11) is 2.46. The number of hydrogen-bond donors (Lipinski definition) is 0. The van der Waals surface area contributed by atoms with Crippen molar-refractivity contribution in [2.24, 2.45) is 0 Å². The van der Waals surface area contributed by atoms with E-state index in [1.807, 2.05) is 27.7 Å². The first-order valence-corrected chi connectivity index (χ1v) is 8.53. The third kappa shape index (κ3) is 8.22. The van der Waals surface area contributed by atoms with Gasteiger partial charge in [0.25, 0.3) is 0 Å². The molecule has 2 aliphatic rings. The molecule has 0 saturated carbocycles. The van der Waals surface area contributed by atoms with Crippen LogP contribution in [0.4, 0.5) is 9.59 Å². The summed E-state index contributed by atoms with van der Waals surface area (Å²) < 4.78 is 30.1. The minimum Gasteiger partial charge on any atom is -0.438 e. The number of methoxy groups -OCH3 is 2. The van der Waals surface area contributed by atoms with Crippen LogP contribution in [0, 0.1) is 0 Å². The van der Waals surface area contributed by atoms with Crippen molar-refractivity contribution >= 4 is 12.3 Å². The van der Waals surface area contributed by atoms with Crippen molar-refractivity contribution in [2.45, 2.75) is 65.0 Å². The highest BCUT2D eigenvalue weighted by atomic mass is 16.7. The number of fused-ring (bicyclic) bond motifs is 1. The van der Waals surface area contributed by atoms with Crippen molar-refractivity contribution in [1.82, 2.24) is 0 Å². The van der Waals surface area contributed by atoms with Crippen LogP contribution < -0.4 is 0 Å². The summed E-state index contributed by atoms with van der Waals surface area (Å²) in [6, 6.07) is 0. The first kappa shape index (κ1) is 23.2. The van der Waals surface area contributed by atoms with Crippen molar-refractivity contribution in [1.29, 1.82) is 0 Å². The van der Waals surface area contributed by atoms with Crippen molar-refractivity contribution in [3.63, 3.8) is 0 Å². The highest BCUT2D eigenvalue weighted by molar-refractivity contribution is 5.60. The SMILES string of the molecule is CC.CC.COC(=O)OC1/C=C/C(OC(=O)OC)CC2OCOC2C1. The zero-order chi connectivity index (χ0) is 19.2. The molecule has 1 heterocycles. The molecule has 0 aromatic rings. The van der Waals surface area contributed by atoms with Gasteiger partial charge in [-0.25, -0.2) is 9.59 Å². The van der Waals surface area contributed by atoms with Gasteiger partial charge in [0.1, 0.15) is 19.0 Å². The van der Waals surface area contributed by atoms with Gasteiger partial charge in [-0.2, -0.15) is 0 Å². The monoisotopic (exact) mass is 362 g/mol. The fraction of sp³-hybridized carbons (Fsp3) is 0.765. The Hall–Kier alpha value is -1.80. The average molecular weight is 362 g/mol. The predicted octanol–water partition coefficient (Wildman–Crippen LogP) is 3.43. The van der Waals surface area contributed by atoms with Crippen LogP contribution in [0.1, 0.15) is 40.5 Å². The second-order valence-corrected chi connectivity index (χ2v) is 4.61. The van der Waals surface area contributed by atoms with Gasteiger partial charge in [-0.3, -0.25) is 0 Å². The molecule has 8 nitrogen and oxygen atoms in total. The lowest BCUT2D eigenvalue weighted by Crippen LogP contribution is -2.35. The summed E-state index contributed by atoms with van der Waals surface area (Å²) in [5, 5.41) is 0. The number of rotatable bonds is 2. The van der Waals surface area contributed by atoms with Gasteiger partial charge in [0.05, 0.1) is 26.4 Å². The molecular formula is C17H30O8. The molecule has 8 heteroatoms. The van der Waals surface area contributed by atoms with Gasteiger partial charge in [0, 0.05) is 12.8 Å². The number of carbonyl (C=O) groups excluding carboxylic acids is 2. The third-order valence-electron chi connectivity index (χ3n) is 3.28. The minimum atomic E-state index is -0.786. The topological polar surface area (TPSA) is 89.5 Å². The Kier molecular flexibility index (Phi) is 12.5. The Bertz CT molecular complexity index is 373. The Balaban J connectivity index is 0.00000134. The standard InChI is InChI=1S/C13H18O8.2C2H6/c1-16-12(14)20-8-3-4-9(21-13(15)17-2)6-11-10(5-8)18-7-19-11;2*1-2/h3-4,8-11H,5-7H2,1-2H3;2*1-2H3/b4-3+;;. The van der Waals surface area contributed by atoms with Crippen LogP contribution in [0.5, 0.6) is 0 Å². The molecule has 1 aliphatic carbocycles. The van der Waals surface area contributed by atoms with E-state index >= 15 is 0 Å². The lowest BCUT2D eigenvalue weighted by Gasteiger charge is -2.26. The zero-order valence-corrected chi connectivity index (χ0v) is 15.9. The second kappa shape index (κ2) is 13.5. The summed E-state index contributed by atoms with van der Waals surface area (Å²) in [6.07, 6.45) is 1.03. The van der Waals surface area contributed by atoms with Crippen molar-refractivity contribution in [3.8, 4) is 0 Å². The third-order valence-corrected chi connectivity index (χ3v) is 3.28. The molecule has 0 spiro atoms. The molecule has 25 heavy (non-hydrogen) atoms. The molecule has 0 aromatic carbocycles. The first-order valence-electron chi connectivity index (χ1n) is 8.53. The molecule has 0 aromatic heterocycles. The summed E-state index contributed by atoms with van der Waals surface area (Å²) in [4.78, 5) is 22.4. The van der Waals surface area contributed by atoms with Gasteiger partial charge in [-0.05, 0) is 12.2 Å². The van der Waals surface area contributed by atoms with Crippen molar-refractivity contribution in [2.75, 3.05) is 21.0 Å². The van der Waals surface area contributed by atoms with E-state index in [-0.39, 0.29) is 19.0 Å². The van der Waals surface area contributed by atoms with E-state index in [9.17, 15) is 9.59 Å². The van der Waals surface area contributed by atoms with Crippen LogP contribution in [-0.2, 0) is 28.4 Å². The summed E-state index contributed by atoms with van der Waals surface area (Å²) >= 11 is 0. The first-order chi connectivity index (χ1) is 12.1. The Morgan fingerprint density at radius 1 is 0.800 bits per heavy atom. The maximum Gasteiger partial charge on any atom is 0.508 e.